The van der Waals surface area contributed by atoms with E-state index < -0.39 is 10.9 Å². The molecule has 13 heteroatoms. The van der Waals surface area contributed by atoms with Crippen molar-refractivity contribution in [3.63, 3.8) is 0 Å². The zero-order chi connectivity index (χ0) is 29.3. The number of non-ortho nitro benzene ring substituents is 1. The highest BCUT2D eigenvalue weighted by atomic mass is 16.6. The summed E-state index contributed by atoms with van der Waals surface area (Å²) >= 11 is 0. The summed E-state index contributed by atoms with van der Waals surface area (Å²) in [6, 6.07) is 19.8. The number of nitrogens with one attached hydrogen (secondary N) is 2. The Morgan fingerprint density at radius 3 is 2.50 bits per heavy atom. The van der Waals surface area contributed by atoms with Gasteiger partial charge in [0.1, 0.15) is 0 Å². The van der Waals surface area contributed by atoms with E-state index in [1.165, 1.54) is 31.7 Å². The van der Waals surface area contributed by atoms with Gasteiger partial charge in [0.2, 0.25) is 17.8 Å². The molecule has 0 radical (unpaired) electrons. The van der Waals surface area contributed by atoms with Crippen molar-refractivity contribution in [2.75, 3.05) is 35.8 Å². The SMILES string of the molecule is COc1cc(/C=N\Nc2nc(Nc3ccccc3)nc(N3CCCCC3)n2)ccc1OC(=O)c1cccc([N+](=O)[O-])c1. The molecule has 1 saturated heterocycles. The van der Waals surface area contributed by atoms with Crippen LogP contribution in [0.15, 0.2) is 77.9 Å². The number of nitrogens with zero attached hydrogens (tertiary/aromatic N) is 6. The van der Waals surface area contributed by atoms with Gasteiger partial charge in [-0.2, -0.15) is 20.1 Å². The second kappa shape index (κ2) is 13.2. The summed E-state index contributed by atoms with van der Waals surface area (Å²) in [4.78, 5) is 38.8. The monoisotopic (exact) mass is 568 g/mol. The lowest BCUT2D eigenvalue weighted by Gasteiger charge is -2.26. The molecule has 0 unspecified atom stereocenters. The highest BCUT2D eigenvalue weighted by Crippen LogP contribution is 2.29. The van der Waals surface area contributed by atoms with Crippen LogP contribution in [0.2, 0.25) is 0 Å². The van der Waals surface area contributed by atoms with E-state index >= 15 is 0 Å². The van der Waals surface area contributed by atoms with Crippen molar-refractivity contribution in [3.8, 4) is 11.5 Å². The molecule has 42 heavy (non-hydrogen) atoms. The van der Waals surface area contributed by atoms with Crippen LogP contribution in [0.5, 0.6) is 11.5 Å². The summed E-state index contributed by atoms with van der Waals surface area (Å²) in [5.41, 5.74) is 4.20. The number of hydrazone groups is 1. The minimum Gasteiger partial charge on any atom is -0.493 e. The number of para-hydroxylation sites is 1. The highest BCUT2D eigenvalue weighted by molar-refractivity contribution is 5.92. The van der Waals surface area contributed by atoms with Crippen LogP contribution in [-0.4, -0.2) is 52.3 Å². The van der Waals surface area contributed by atoms with Crippen LogP contribution in [0.4, 0.5) is 29.2 Å². The van der Waals surface area contributed by atoms with Crippen molar-refractivity contribution in [2.45, 2.75) is 19.3 Å². The van der Waals surface area contributed by atoms with Crippen LogP contribution in [-0.2, 0) is 0 Å². The zero-order valence-corrected chi connectivity index (χ0v) is 22.8. The fraction of sp³-hybridized carbons (Fsp3) is 0.207. The summed E-state index contributed by atoms with van der Waals surface area (Å²) in [5, 5.41) is 18.5. The summed E-state index contributed by atoms with van der Waals surface area (Å²) < 4.78 is 10.8. The molecule has 0 amide bonds. The zero-order valence-electron chi connectivity index (χ0n) is 22.8. The molecule has 2 N–H and O–H groups in total. The second-order valence-corrected chi connectivity index (χ2v) is 9.30. The third-order valence-electron chi connectivity index (χ3n) is 6.35. The molecule has 0 saturated carbocycles. The molecule has 1 aliphatic heterocycles. The quantitative estimate of drug-likeness (QED) is 0.0853. The van der Waals surface area contributed by atoms with Crippen LogP contribution in [0.3, 0.4) is 0 Å². The minimum atomic E-state index is -0.751. The summed E-state index contributed by atoms with van der Waals surface area (Å²) in [7, 11) is 1.44. The lowest BCUT2D eigenvalue weighted by molar-refractivity contribution is -0.384. The normalized spacial score (nSPS) is 13.0. The molecule has 1 fully saturated rings. The predicted molar refractivity (Wildman–Crippen MR) is 158 cm³/mol. The van der Waals surface area contributed by atoms with E-state index in [-0.39, 0.29) is 28.7 Å². The number of esters is 1. The van der Waals surface area contributed by atoms with Crippen LogP contribution < -0.4 is 25.1 Å². The first-order chi connectivity index (χ1) is 20.5. The van der Waals surface area contributed by atoms with E-state index in [0.717, 1.165) is 37.7 Å². The average molecular weight is 569 g/mol. The van der Waals surface area contributed by atoms with Crippen LogP contribution >= 0.6 is 0 Å². The highest BCUT2D eigenvalue weighted by Gasteiger charge is 2.18. The van der Waals surface area contributed by atoms with Gasteiger partial charge in [0.05, 0.1) is 23.8 Å². The van der Waals surface area contributed by atoms with E-state index in [1.807, 2.05) is 30.3 Å². The van der Waals surface area contributed by atoms with Gasteiger partial charge in [-0.05, 0) is 61.2 Å². The molecule has 3 aromatic carbocycles. The second-order valence-electron chi connectivity index (χ2n) is 9.30. The number of nitro groups is 1. The number of rotatable bonds is 10. The number of hydrogen-bond acceptors (Lipinski definition) is 12. The molecular weight excluding hydrogens is 540 g/mol. The maximum atomic E-state index is 12.6. The number of ether oxygens (including phenoxy) is 2. The van der Waals surface area contributed by atoms with E-state index in [0.29, 0.717) is 17.5 Å². The lowest BCUT2D eigenvalue weighted by Crippen LogP contribution is -2.31. The van der Waals surface area contributed by atoms with Crippen LogP contribution in [0, 0.1) is 10.1 Å². The number of piperidine rings is 1. The smallest absolute Gasteiger partial charge is 0.343 e. The van der Waals surface area contributed by atoms with Gasteiger partial charge in [0, 0.05) is 30.9 Å². The summed E-state index contributed by atoms with van der Waals surface area (Å²) in [6.45, 7) is 1.74. The molecule has 13 nitrogen and oxygen atoms in total. The molecule has 1 aliphatic rings. The summed E-state index contributed by atoms with van der Waals surface area (Å²) in [6.07, 6.45) is 4.88. The van der Waals surface area contributed by atoms with Gasteiger partial charge in [-0.15, -0.1) is 0 Å². The van der Waals surface area contributed by atoms with Gasteiger partial charge < -0.3 is 19.7 Å². The third kappa shape index (κ3) is 7.13. The van der Waals surface area contributed by atoms with E-state index in [1.54, 1.807) is 24.4 Å². The number of aromatic nitrogens is 3. The maximum Gasteiger partial charge on any atom is 0.343 e. The molecule has 0 aliphatic carbocycles. The minimum absolute atomic E-state index is 0.0449. The van der Waals surface area contributed by atoms with Gasteiger partial charge in [-0.1, -0.05) is 24.3 Å². The van der Waals surface area contributed by atoms with Crippen molar-refractivity contribution < 1.29 is 19.2 Å². The van der Waals surface area contributed by atoms with Gasteiger partial charge in [-0.25, -0.2) is 10.2 Å². The Hall–Kier alpha value is -5.59. The molecular formula is C29H28N8O5. The van der Waals surface area contributed by atoms with E-state index in [2.05, 4.69) is 35.7 Å². The third-order valence-corrected chi connectivity index (χ3v) is 6.35. The van der Waals surface area contributed by atoms with Crippen molar-refractivity contribution in [2.24, 2.45) is 5.10 Å². The van der Waals surface area contributed by atoms with Crippen molar-refractivity contribution in [1.29, 1.82) is 0 Å². The Morgan fingerprint density at radius 2 is 1.74 bits per heavy atom. The average Bonchev–Trinajstić information content (AvgIpc) is 3.02. The number of carbonyl (C=O) groups is 1. The van der Waals surface area contributed by atoms with E-state index in [9.17, 15) is 14.9 Å². The number of methoxy groups -OCH3 is 1. The standard InChI is InChI=1S/C29H28N8O5/c1-41-25-17-20(13-14-24(25)42-26(38)21-9-8-12-23(18-21)37(39)40)19-30-35-28-32-27(31-22-10-4-2-5-11-22)33-29(34-28)36-15-6-3-7-16-36/h2,4-5,8-14,17-19H,3,6-7,15-16H2,1H3,(H2,31,32,33,34,35)/b30-19-. The first kappa shape index (κ1) is 28.0. The van der Waals surface area contributed by atoms with Crippen molar-refractivity contribution in [1.82, 2.24) is 15.0 Å². The number of hydrogen-bond donors (Lipinski definition) is 2. The molecule has 0 bridgehead atoms. The Labute approximate surface area is 241 Å². The van der Waals surface area contributed by atoms with E-state index in [4.69, 9.17) is 9.47 Å². The molecule has 1 aromatic heterocycles. The maximum absolute atomic E-state index is 12.6. The topological polar surface area (TPSA) is 157 Å². The fourth-order valence-electron chi connectivity index (χ4n) is 4.28. The first-order valence-corrected chi connectivity index (χ1v) is 13.3. The Bertz CT molecular complexity index is 1590. The number of benzene rings is 3. The largest absolute Gasteiger partial charge is 0.493 e. The Kier molecular flexibility index (Phi) is 8.77. The number of carbonyl (C=O) groups excluding carboxylic acids is 1. The molecule has 5 rings (SSSR count). The first-order valence-electron chi connectivity index (χ1n) is 13.3. The molecule has 4 aromatic rings. The van der Waals surface area contributed by atoms with Gasteiger partial charge in [-0.3, -0.25) is 10.1 Å². The lowest BCUT2D eigenvalue weighted by atomic mass is 10.1. The molecule has 0 atom stereocenters. The Morgan fingerprint density at radius 1 is 0.952 bits per heavy atom. The molecule has 0 spiro atoms. The Balaban J connectivity index is 1.30. The molecule has 214 valence electrons. The predicted octanol–water partition coefficient (Wildman–Crippen LogP) is 5.19. The van der Waals surface area contributed by atoms with Crippen molar-refractivity contribution in [3.05, 3.63) is 94.0 Å². The number of anilines is 4. The fourth-order valence-corrected chi connectivity index (χ4v) is 4.28. The van der Waals surface area contributed by atoms with Gasteiger partial charge in [0.25, 0.3) is 5.69 Å². The van der Waals surface area contributed by atoms with Crippen LogP contribution in [0.1, 0.15) is 35.2 Å². The summed E-state index contributed by atoms with van der Waals surface area (Å²) in [5.74, 6) is 0.913. The molecule has 2 heterocycles. The van der Waals surface area contributed by atoms with Gasteiger partial charge >= 0.3 is 5.97 Å². The van der Waals surface area contributed by atoms with Crippen LogP contribution in [0.25, 0.3) is 0 Å². The van der Waals surface area contributed by atoms with Crippen molar-refractivity contribution >= 4 is 41.4 Å². The number of nitro benzene ring substituents is 1. The van der Waals surface area contributed by atoms with Gasteiger partial charge in [0.15, 0.2) is 11.5 Å².